The quantitative estimate of drug-likeness (QED) is 0.882. The summed E-state index contributed by atoms with van der Waals surface area (Å²) in [6.07, 6.45) is 4.57. The zero-order valence-corrected chi connectivity index (χ0v) is 11.6. The van der Waals surface area contributed by atoms with Gasteiger partial charge in [-0.25, -0.2) is 0 Å². The first-order valence-corrected chi connectivity index (χ1v) is 7.33. The van der Waals surface area contributed by atoms with E-state index in [4.69, 9.17) is 0 Å². The molecule has 1 aromatic rings. The second-order valence-corrected chi connectivity index (χ2v) is 5.74. The van der Waals surface area contributed by atoms with E-state index in [2.05, 4.69) is 29.6 Å². The SMILES string of the molecule is CC(=O)N1CCC(NC2CCc3ccccc32)CC1. The Balaban J connectivity index is 1.58. The second-order valence-electron chi connectivity index (χ2n) is 5.74. The summed E-state index contributed by atoms with van der Waals surface area (Å²) in [4.78, 5) is 13.3. The minimum Gasteiger partial charge on any atom is -0.343 e. The fraction of sp³-hybridized carbons (Fsp3) is 0.562. The normalized spacial score (nSPS) is 23.4. The number of aryl methyl sites for hydroxylation is 1. The van der Waals surface area contributed by atoms with Crippen molar-refractivity contribution >= 4 is 5.91 Å². The highest BCUT2D eigenvalue weighted by Gasteiger charge is 2.27. The first kappa shape index (κ1) is 12.7. The molecular weight excluding hydrogens is 236 g/mol. The van der Waals surface area contributed by atoms with E-state index in [1.54, 1.807) is 6.92 Å². The van der Waals surface area contributed by atoms with E-state index in [9.17, 15) is 4.79 Å². The maximum Gasteiger partial charge on any atom is 0.219 e. The van der Waals surface area contributed by atoms with Crippen LogP contribution in [0.3, 0.4) is 0 Å². The van der Waals surface area contributed by atoms with E-state index in [0.29, 0.717) is 12.1 Å². The van der Waals surface area contributed by atoms with Crippen LogP contribution in [-0.2, 0) is 11.2 Å². The van der Waals surface area contributed by atoms with Crippen molar-refractivity contribution in [2.45, 2.75) is 44.7 Å². The third-order valence-electron chi connectivity index (χ3n) is 4.51. The zero-order chi connectivity index (χ0) is 13.2. The monoisotopic (exact) mass is 258 g/mol. The van der Waals surface area contributed by atoms with Gasteiger partial charge in [0.25, 0.3) is 0 Å². The lowest BCUT2D eigenvalue weighted by Gasteiger charge is -2.33. The van der Waals surface area contributed by atoms with Gasteiger partial charge in [0.1, 0.15) is 0 Å². The number of rotatable bonds is 2. The highest BCUT2D eigenvalue weighted by atomic mass is 16.2. The van der Waals surface area contributed by atoms with Crippen molar-refractivity contribution in [2.75, 3.05) is 13.1 Å². The molecule has 3 heteroatoms. The summed E-state index contributed by atoms with van der Waals surface area (Å²) in [5.41, 5.74) is 2.98. The summed E-state index contributed by atoms with van der Waals surface area (Å²) in [5, 5.41) is 3.80. The van der Waals surface area contributed by atoms with E-state index in [-0.39, 0.29) is 5.91 Å². The van der Waals surface area contributed by atoms with Crippen molar-refractivity contribution in [2.24, 2.45) is 0 Å². The number of piperidine rings is 1. The molecule has 19 heavy (non-hydrogen) atoms. The molecule has 2 aliphatic rings. The minimum atomic E-state index is 0.213. The average molecular weight is 258 g/mol. The Morgan fingerprint density at radius 3 is 2.68 bits per heavy atom. The van der Waals surface area contributed by atoms with Crippen molar-refractivity contribution < 1.29 is 4.79 Å². The smallest absolute Gasteiger partial charge is 0.219 e. The van der Waals surface area contributed by atoms with Crippen molar-refractivity contribution in [3.05, 3.63) is 35.4 Å². The van der Waals surface area contributed by atoms with Gasteiger partial charge < -0.3 is 10.2 Å². The Labute approximate surface area is 115 Å². The maximum absolute atomic E-state index is 11.3. The molecule has 1 aromatic carbocycles. The van der Waals surface area contributed by atoms with Gasteiger partial charge in [-0.05, 0) is 36.8 Å². The highest BCUT2D eigenvalue weighted by Crippen LogP contribution is 2.31. The molecule has 0 spiro atoms. The molecule has 0 saturated carbocycles. The molecule has 0 radical (unpaired) electrons. The Bertz CT molecular complexity index is 464. The van der Waals surface area contributed by atoms with Gasteiger partial charge in [-0.3, -0.25) is 4.79 Å². The van der Waals surface area contributed by atoms with Crippen molar-refractivity contribution in [1.82, 2.24) is 10.2 Å². The molecule has 1 aliphatic carbocycles. The largest absolute Gasteiger partial charge is 0.343 e. The second kappa shape index (κ2) is 5.33. The number of carbonyl (C=O) groups excluding carboxylic acids is 1. The van der Waals surface area contributed by atoms with Crippen LogP contribution in [0, 0.1) is 0 Å². The van der Waals surface area contributed by atoms with Gasteiger partial charge >= 0.3 is 0 Å². The first-order chi connectivity index (χ1) is 9.24. The molecule has 1 N–H and O–H groups in total. The molecule has 0 bridgehead atoms. The fourth-order valence-corrected chi connectivity index (χ4v) is 3.38. The molecule has 0 aromatic heterocycles. The fourth-order valence-electron chi connectivity index (χ4n) is 3.38. The zero-order valence-electron chi connectivity index (χ0n) is 11.6. The van der Waals surface area contributed by atoms with Crippen LogP contribution in [0.15, 0.2) is 24.3 Å². The molecule has 1 unspecified atom stereocenters. The molecule has 1 heterocycles. The Kier molecular flexibility index (Phi) is 3.56. The van der Waals surface area contributed by atoms with Crippen molar-refractivity contribution in [3.63, 3.8) is 0 Å². The number of fused-ring (bicyclic) bond motifs is 1. The standard InChI is InChI=1S/C16H22N2O/c1-12(19)18-10-8-14(9-11-18)17-16-7-6-13-4-2-3-5-15(13)16/h2-5,14,16-17H,6-11H2,1H3. The van der Waals surface area contributed by atoms with E-state index in [0.717, 1.165) is 25.9 Å². The Morgan fingerprint density at radius 1 is 1.21 bits per heavy atom. The lowest BCUT2D eigenvalue weighted by molar-refractivity contribution is -0.129. The number of carbonyl (C=O) groups is 1. The summed E-state index contributed by atoms with van der Waals surface area (Å²) < 4.78 is 0. The summed E-state index contributed by atoms with van der Waals surface area (Å²) >= 11 is 0. The summed E-state index contributed by atoms with van der Waals surface area (Å²) in [5.74, 6) is 0.213. The van der Waals surface area contributed by atoms with Crippen LogP contribution >= 0.6 is 0 Å². The Hall–Kier alpha value is -1.35. The molecule has 102 valence electrons. The minimum absolute atomic E-state index is 0.213. The van der Waals surface area contributed by atoms with Crippen LogP contribution in [0.25, 0.3) is 0 Å². The van der Waals surface area contributed by atoms with Gasteiger partial charge in [-0.15, -0.1) is 0 Å². The lowest BCUT2D eigenvalue weighted by Crippen LogP contribution is -2.44. The third kappa shape index (κ3) is 2.66. The molecule has 1 amide bonds. The van der Waals surface area contributed by atoms with Crippen LogP contribution in [0.2, 0.25) is 0 Å². The summed E-state index contributed by atoms with van der Waals surface area (Å²) in [7, 11) is 0. The maximum atomic E-state index is 11.3. The van der Waals surface area contributed by atoms with Gasteiger partial charge in [0.2, 0.25) is 5.91 Å². The highest BCUT2D eigenvalue weighted by molar-refractivity contribution is 5.73. The van der Waals surface area contributed by atoms with Gasteiger partial charge in [0, 0.05) is 32.1 Å². The van der Waals surface area contributed by atoms with E-state index < -0.39 is 0 Å². The van der Waals surface area contributed by atoms with Crippen LogP contribution < -0.4 is 5.32 Å². The van der Waals surface area contributed by atoms with Gasteiger partial charge in [-0.1, -0.05) is 24.3 Å². The van der Waals surface area contributed by atoms with Gasteiger partial charge in [0.05, 0.1) is 0 Å². The Morgan fingerprint density at radius 2 is 1.95 bits per heavy atom. The van der Waals surface area contributed by atoms with Crippen molar-refractivity contribution in [3.8, 4) is 0 Å². The van der Waals surface area contributed by atoms with Crippen LogP contribution in [0.4, 0.5) is 0 Å². The van der Waals surface area contributed by atoms with Crippen LogP contribution in [0.1, 0.15) is 43.4 Å². The molecule has 1 saturated heterocycles. The lowest BCUT2D eigenvalue weighted by atomic mass is 10.0. The van der Waals surface area contributed by atoms with Gasteiger partial charge in [0.15, 0.2) is 0 Å². The molecule has 3 rings (SSSR count). The number of amides is 1. The first-order valence-electron chi connectivity index (χ1n) is 7.33. The van der Waals surface area contributed by atoms with E-state index in [1.165, 1.54) is 24.0 Å². The topological polar surface area (TPSA) is 32.3 Å². The van der Waals surface area contributed by atoms with Crippen molar-refractivity contribution in [1.29, 1.82) is 0 Å². The molecule has 3 nitrogen and oxygen atoms in total. The number of likely N-dealkylation sites (tertiary alicyclic amines) is 1. The number of nitrogens with one attached hydrogen (secondary N) is 1. The van der Waals surface area contributed by atoms with E-state index >= 15 is 0 Å². The number of hydrogen-bond acceptors (Lipinski definition) is 2. The van der Waals surface area contributed by atoms with Gasteiger partial charge in [-0.2, -0.15) is 0 Å². The van der Waals surface area contributed by atoms with Crippen LogP contribution in [0.5, 0.6) is 0 Å². The predicted molar refractivity (Wildman–Crippen MR) is 75.9 cm³/mol. The summed E-state index contributed by atoms with van der Waals surface area (Å²) in [6.45, 7) is 3.48. The molecule has 1 aliphatic heterocycles. The third-order valence-corrected chi connectivity index (χ3v) is 4.51. The predicted octanol–water partition coefficient (Wildman–Crippen LogP) is 2.27. The number of nitrogens with zero attached hydrogens (tertiary/aromatic N) is 1. The average Bonchev–Trinajstić information content (AvgIpc) is 2.83. The molecular formula is C16H22N2O. The van der Waals surface area contributed by atoms with Crippen LogP contribution in [-0.4, -0.2) is 29.9 Å². The number of benzene rings is 1. The number of hydrogen-bond donors (Lipinski definition) is 1. The molecule has 1 atom stereocenters. The summed E-state index contributed by atoms with van der Waals surface area (Å²) in [6, 6.07) is 9.85. The van der Waals surface area contributed by atoms with E-state index in [1.807, 2.05) is 4.90 Å². The molecule has 1 fully saturated rings.